The van der Waals surface area contributed by atoms with Gasteiger partial charge in [0.2, 0.25) is 0 Å². The fraction of sp³-hybridized carbons (Fsp3) is 0.176. The molecule has 0 aliphatic carbocycles. The van der Waals surface area contributed by atoms with Gasteiger partial charge in [0.25, 0.3) is 0 Å². The molecule has 4 nitrogen and oxygen atoms in total. The molecule has 0 saturated carbocycles. The predicted molar refractivity (Wildman–Crippen MR) is 78.9 cm³/mol. The van der Waals surface area contributed by atoms with Gasteiger partial charge in [-0.15, -0.1) is 0 Å². The number of hydrogen-bond donors (Lipinski definition) is 0. The normalized spacial score (nSPS) is 9.71. The van der Waals surface area contributed by atoms with E-state index in [-0.39, 0.29) is 0 Å². The molecule has 0 atom stereocenters. The number of hydrogen-bond acceptors (Lipinski definition) is 4. The highest BCUT2D eigenvalue weighted by molar-refractivity contribution is 5.67. The van der Waals surface area contributed by atoms with E-state index in [0.717, 1.165) is 17.5 Å². The van der Waals surface area contributed by atoms with Crippen molar-refractivity contribution in [3.8, 4) is 22.9 Å². The zero-order valence-corrected chi connectivity index (χ0v) is 11.7. The lowest BCUT2D eigenvalue weighted by Gasteiger charge is -2.06. The maximum atomic E-state index is 11.3. The fourth-order valence-corrected chi connectivity index (χ4v) is 1.76. The average Bonchev–Trinajstić information content (AvgIpc) is 2.54. The van der Waals surface area contributed by atoms with Gasteiger partial charge in [0.05, 0.1) is 18.2 Å². The van der Waals surface area contributed by atoms with Crippen molar-refractivity contribution in [1.29, 1.82) is 5.26 Å². The first kappa shape index (κ1) is 14.6. The van der Waals surface area contributed by atoms with Crippen molar-refractivity contribution in [2.75, 3.05) is 6.61 Å². The smallest absolute Gasteiger partial charge is 0.434 e. The van der Waals surface area contributed by atoms with E-state index in [1.165, 1.54) is 0 Å². The number of nitriles is 1. The minimum absolute atomic E-state index is 0.349. The van der Waals surface area contributed by atoms with Crippen LogP contribution in [-0.2, 0) is 4.74 Å². The van der Waals surface area contributed by atoms with Crippen LogP contribution >= 0.6 is 0 Å². The summed E-state index contributed by atoms with van der Waals surface area (Å²) in [6.45, 7) is 2.27. The Morgan fingerprint density at radius 2 is 1.62 bits per heavy atom. The van der Waals surface area contributed by atoms with Crippen LogP contribution in [0.1, 0.15) is 18.9 Å². The Hall–Kier alpha value is -2.80. The number of benzene rings is 2. The first-order chi connectivity index (χ1) is 10.2. The molecule has 0 radical (unpaired) electrons. The predicted octanol–water partition coefficient (Wildman–Crippen LogP) is 4.15. The molecule has 4 heteroatoms. The second-order valence-corrected chi connectivity index (χ2v) is 4.41. The van der Waals surface area contributed by atoms with Gasteiger partial charge in [-0.25, -0.2) is 4.79 Å². The molecule has 2 aromatic carbocycles. The van der Waals surface area contributed by atoms with Crippen molar-refractivity contribution in [1.82, 2.24) is 0 Å². The molecule has 0 fully saturated rings. The molecular weight excluding hydrogens is 266 g/mol. The van der Waals surface area contributed by atoms with Gasteiger partial charge < -0.3 is 9.47 Å². The van der Waals surface area contributed by atoms with E-state index in [4.69, 9.17) is 14.7 Å². The van der Waals surface area contributed by atoms with Gasteiger partial charge >= 0.3 is 6.16 Å². The molecule has 0 aliphatic heterocycles. The summed E-state index contributed by atoms with van der Waals surface area (Å²) in [7, 11) is 0. The molecule has 2 aromatic rings. The zero-order chi connectivity index (χ0) is 15.1. The number of rotatable bonds is 4. The van der Waals surface area contributed by atoms with Crippen LogP contribution in [0, 0.1) is 11.3 Å². The van der Waals surface area contributed by atoms with E-state index in [1.54, 1.807) is 24.3 Å². The maximum Gasteiger partial charge on any atom is 0.513 e. The summed E-state index contributed by atoms with van der Waals surface area (Å²) in [6, 6.07) is 16.5. The van der Waals surface area contributed by atoms with Crippen LogP contribution in [0.15, 0.2) is 48.5 Å². The van der Waals surface area contributed by atoms with Crippen LogP contribution in [-0.4, -0.2) is 12.8 Å². The zero-order valence-electron chi connectivity index (χ0n) is 11.7. The summed E-state index contributed by atoms with van der Waals surface area (Å²) in [6.07, 6.45) is 0.0650. The Morgan fingerprint density at radius 1 is 1.05 bits per heavy atom. The topological polar surface area (TPSA) is 59.3 Å². The van der Waals surface area contributed by atoms with Gasteiger partial charge in [0, 0.05) is 0 Å². The lowest BCUT2D eigenvalue weighted by atomic mass is 10.0. The van der Waals surface area contributed by atoms with Gasteiger partial charge in [0.1, 0.15) is 5.75 Å². The molecule has 0 aromatic heterocycles. The minimum atomic E-state index is -0.692. The van der Waals surface area contributed by atoms with Crippen molar-refractivity contribution in [3.63, 3.8) is 0 Å². The molecule has 0 heterocycles. The second kappa shape index (κ2) is 7.11. The van der Waals surface area contributed by atoms with Crippen LogP contribution in [0.5, 0.6) is 5.75 Å². The largest absolute Gasteiger partial charge is 0.513 e. The van der Waals surface area contributed by atoms with Gasteiger partial charge in [-0.05, 0) is 41.8 Å². The van der Waals surface area contributed by atoms with E-state index >= 15 is 0 Å². The molecule has 0 N–H and O–H groups in total. The molecule has 0 spiro atoms. The van der Waals surface area contributed by atoms with Gasteiger partial charge in [-0.1, -0.05) is 31.2 Å². The Morgan fingerprint density at radius 3 is 2.14 bits per heavy atom. The monoisotopic (exact) mass is 281 g/mol. The van der Waals surface area contributed by atoms with Crippen LogP contribution < -0.4 is 4.74 Å². The van der Waals surface area contributed by atoms with Crippen molar-refractivity contribution < 1.29 is 14.3 Å². The van der Waals surface area contributed by atoms with E-state index in [1.807, 2.05) is 31.2 Å². The molecule has 0 bridgehead atoms. The highest BCUT2D eigenvalue weighted by atomic mass is 16.7. The van der Waals surface area contributed by atoms with Crippen LogP contribution in [0.3, 0.4) is 0 Å². The van der Waals surface area contributed by atoms with Crippen molar-refractivity contribution >= 4 is 6.16 Å². The summed E-state index contributed by atoms with van der Waals surface area (Å²) < 4.78 is 9.88. The number of nitrogens with zero attached hydrogens (tertiary/aromatic N) is 1. The first-order valence-electron chi connectivity index (χ1n) is 6.68. The Bertz CT molecular complexity index is 639. The average molecular weight is 281 g/mol. The Labute approximate surface area is 123 Å². The highest BCUT2D eigenvalue weighted by Gasteiger charge is 2.05. The minimum Gasteiger partial charge on any atom is -0.434 e. The quantitative estimate of drug-likeness (QED) is 0.624. The van der Waals surface area contributed by atoms with Crippen LogP contribution in [0.2, 0.25) is 0 Å². The fourth-order valence-electron chi connectivity index (χ4n) is 1.76. The summed E-state index contributed by atoms with van der Waals surface area (Å²) >= 11 is 0. The molecule has 0 aliphatic rings. The SMILES string of the molecule is CCCOC(=O)Oc1ccc(-c2ccc(C#N)cc2)cc1. The molecule has 0 unspecified atom stereocenters. The Balaban J connectivity index is 2.04. The molecule has 21 heavy (non-hydrogen) atoms. The van der Waals surface area contributed by atoms with Crippen LogP contribution in [0.25, 0.3) is 11.1 Å². The lowest BCUT2D eigenvalue weighted by Crippen LogP contribution is -2.10. The molecule has 0 saturated heterocycles. The summed E-state index contributed by atoms with van der Waals surface area (Å²) in [5, 5.41) is 8.77. The third-order valence-corrected chi connectivity index (χ3v) is 2.83. The highest BCUT2D eigenvalue weighted by Crippen LogP contribution is 2.23. The molecule has 2 rings (SSSR count). The summed E-state index contributed by atoms with van der Waals surface area (Å²) in [5.74, 6) is 0.438. The Kier molecular flexibility index (Phi) is 4.94. The van der Waals surface area contributed by atoms with E-state index < -0.39 is 6.16 Å². The van der Waals surface area contributed by atoms with Crippen molar-refractivity contribution in [2.24, 2.45) is 0 Å². The van der Waals surface area contributed by atoms with Gasteiger partial charge in [0.15, 0.2) is 0 Å². The van der Waals surface area contributed by atoms with Crippen molar-refractivity contribution in [2.45, 2.75) is 13.3 Å². The standard InChI is InChI=1S/C17H15NO3/c1-2-11-20-17(19)21-16-9-7-15(8-10-16)14-5-3-13(12-18)4-6-14/h3-10H,2,11H2,1H3. The number of carbonyl (C=O) groups excluding carboxylic acids is 1. The van der Waals surface area contributed by atoms with Crippen molar-refractivity contribution in [3.05, 3.63) is 54.1 Å². The third-order valence-electron chi connectivity index (χ3n) is 2.83. The van der Waals surface area contributed by atoms with E-state index in [2.05, 4.69) is 6.07 Å². The molecule has 106 valence electrons. The van der Waals surface area contributed by atoms with Gasteiger partial charge in [-0.3, -0.25) is 0 Å². The molecular formula is C17H15NO3. The number of ether oxygens (including phenoxy) is 2. The molecule has 0 amide bonds. The summed E-state index contributed by atoms with van der Waals surface area (Å²) in [4.78, 5) is 11.3. The van der Waals surface area contributed by atoms with Crippen LogP contribution in [0.4, 0.5) is 4.79 Å². The maximum absolute atomic E-state index is 11.3. The van der Waals surface area contributed by atoms with E-state index in [9.17, 15) is 4.79 Å². The summed E-state index contributed by atoms with van der Waals surface area (Å²) in [5.41, 5.74) is 2.60. The first-order valence-corrected chi connectivity index (χ1v) is 6.68. The lowest BCUT2D eigenvalue weighted by molar-refractivity contribution is 0.0992. The van der Waals surface area contributed by atoms with E-state index in [0.29, 0.717) is 17.9 Å². The second-order valence-electron chi connectivity index (χ2n) is 4.41. The number of carbonyl (C=O) groups is 1. The third kappa shape index (κ3) is 4.08. The van der Waals surface area contributed by atoms with Gasteiger partial charge in [-0.2, -0.15) is 5.26 Å².